The molecule has 0 saturated carbocycles. The van der Waals surface area contributed by atoms with Crippen molar-refractivity contribution in [3.63, 3.8) is 0 Å². The van der Waals surface area contributed by atoms with E-state index in [0.717, 1.165) is 5.03 Å². The molecule has 0 aliphatic carbocycles. The summed E-state index contributed by atoms with van der Waals surface area (Å²) in [5.41, 5.74) is 5.75. The zero-order chi connectivity index (χ0) is 11.5. The van der Waals surface area contributed by atoms with Crippen molar-refractivity contribution in [2.24, 2.45) is 0 Å². The number of nitrogen functional groups attached to an aromatic ring is 1. The summed E-state index contributed by atoms with van der Waals surface area (Å²) < 4.78 is 13.2. The van der Waals surface area contributed by atoms with Gasteiger partial charge < -0.3 is 5.73 Å². The lowest BCUT2D eigenvalue weighted by Gasteiger charge is -2.05. The number of nitrogens with zero attached hydrogens (tertiary/aromatic N) is 1. The third kappa shape index (κ3) is 2.46. The van der Waals surface area contributed by atoms with Crippen LogP contribution in [-0.4, -0.2) is 4.98 Å². The molecule has 0 fully saturated rings. The topological polar surface area (TPSA) is 38.9 Å². The van der Waals surface area contributed by atoms with Gasteiger partial charge in [0.15, 0.2) is 0 Å². The van der Waals surface area contributed by atoms with E-state index in [0.29, 0.717) is 9.92 Å². The standard InChI is InChI=1S/C11H8ClFN2S/c12-7-4-5-10(15-6-7)16-9-3-1-2-8(13)11(9)14/h1-6H,14H2. The molecule has 1 heterocycles. The zero-order valence-electron chi connectivity index (χ0n) is 8.15. The van der Waals surface area contributed by atoms with Crippen molar-refractivity contribution in [1.82, 2.24) is 4.98 Å². The van der Waals surface area contributed by atoms with Gasteiger partial charge in [0.25, 0.3) is 0 Å². The smallest absolute Gasteiger partial charge is 0.147 e. The SMILES string of the molecule is Nc1c(F)cccc1Sc1ccc(Cl)cn1. The fourth-order valence-electron chi connectivity index (χ4n) is 1.14. The Kier molecular flexibility index (Phi) is 3.31. The van der Waals surface area contributed by atoms with Gasteiger partial charge in [-0.2, -0.15) is 0 Å². The first-order chi connectivity index (χ1) is 7.66. The zero-order valence-corrected chi connectivity index (χ0v) is 9.73. The summed E-state index contributed by atoms with van der Waals surface area (Å²) in [6, 6.07) is 8.18. The van der Waals surface area contributed by atoms with Gasteiger partial charge in [-0.25, -0.2) is 9.37 Å². The molecule has 0 radical (unpaired) electrons. The molecule has 1 aromatic heterocycles. The maximum atomic E-state index is 13.2. The van der Waals surface area contributed by atoms with Crippen molar-refractivity contribution in [1.29, 1.82) is 0 Å². The van der Waals surface area contributed by atoms with Gasteiger partial charge in [-0.3, -0.25) is 0 Å². The third-order valence-corrected chi connectivity index (χ3v) is 3.18. The summed E-state index contributed by atoms with van der Waals surface area (Å²) >= 11 is 7.02. The Morgan fingerprint density at radius 1 is 1.25 bits per heavy atom. The molecule has 5 heteroatoms. The van der Waals surface area contributed by atoms with E-state index in [4.69, 9.17) is 17.3 Å². The minimum atomic E-state index is -0.418. The summed E-state index contributed by atoms with van der Waals surface area (Å²) in [6.45, 7) is 0. The number of para-hydroxylation sites is 1. The summed E-state index contributed by atoms with van der Waals surface area (Å²) in [5, 5.41) is 1.29. The van der Waals surface area contributed by atoms with Crippen LogP contribution in [0.25, 0.3) is 0 Å². The first-order valence-corrected chi connectivity index (χ1v) is 5.69. The molecule has 0 aliphatic rings. The molecule has 0 bridgehead atoms. The maximum absolute atomic E-state index is 13.2. The molecule has 0 atom stereocenters. The largest absolute Gasteiger partial charge is 0.395 e. The molecule has 2 N–H and O–H groups in total. The minimum Gasteiger partial charge on any atom is -0.395 e. The van der Waals surface area contributed by atoms with E-state index >= 15 is 0 Å². The first-order valence-electron chi connectivity index (χ1n) is 4.50. The molecular formula is C11H8ClFN2S. The Morgan fingerprint density at radius 2 is 2.06 bits per heavy atom. The van der Waals surface area contributed by atoms with Crippen LogP contribution in [0.15, 0.2) is 46.5 Å². The number of pyridine rings is 1. The first kappa shape index (κ1) is 11.2. The molecule has 1 aromatic carbocycles. The molecule has 82 valence electrons. The van der Waals surface area contributed by atoms with Crippen molar-refractivity contribution < 1.29 is 4.39 Å². The van der Waals surface area contributed by atoms with Gasteiger partial charge in [0.1, 0.15) is 10.8 Å². The van der Waals surface area contributed by atoms with Crippen molar-refractivity contribution in [2.75, 3.05) is 5.73 Å². The monoisotopic (exact) mass is 254 g/mol. The lowest BCUT2D eigenvalue weighted by Crippen LogP contribution is -1.92. The predicted octanol–water partition coefficient (Wildman–Crippen LogP) is 3.61. The van der Waals surface area contributed by atoms with Gasteiger partial charge in [0, 0.05) is 11.1 Å². The van der Waals surface area contributed by atoms with Crippen molar-refractivity contribution in [2.45, 2.75) is 9.92 Å². The van der Waals surface area contributed by atoms with E-state index in [1.807, 2.05) is 0 Å². The number of aromatic nitrogens is 1. The second-order valence-electron chi connectivity index (χ2n) is 3.07. The van der Waals surface area contributed by atoms with Gasteiger partial charge in [0.05, 0.1) is 10.7 Å². The number of nitrogens with two attached hydrogens (primary N) is 1. The van der Waals surface area contributed by atoms with Crippen LogP contribution in [0.2, 0.25) is 5.02 Å². The summed E-state index contributed by atoms with van der Waals surface area (Å²) in [5.74, 6) is -0.418. The average molecular weight is 255 g/mol. The van der Waals surface area contributed by atoms with Gasteiger partial charge in [-0.1, -0.05) is 29.4 Å². The van der Waals surface area contributed by atoms with Crippen LogP contribution in [0.3, 0.4) is 0 Å². The highest BCUT2D eigenvalue weighted by Gasteiger charge is 2.06. The molecule has 2 nitrogen and oxygen atoms in total. The van der Waals surface area contributed by atoms with Crippen LogP contribution in [-0.2, 0) is 0 Å². The Balaban J connectivity index is 2.27. The summed E-state index contributed by atoms with van der Waals surface area (Å²) in [7, 11) is 0. The number of rotatable bonds is 2. The highest BCUT2D eigenvalue weighted by atomic mass is 35.5. The fourth-order valence-corrected chi connectivity index (χ4v) is 2.07. The van der Waals surface area contributed by atoms with Crippen LogP contribution < -0.4 is 5.73 Å². The summed E-state index contributed by atoms with van der Waals surface area (Å²) in [6.07, 6.45) is 1.54. The average Bonchev–Trinajstić information content (AvgIpc) is 2.28. The molecule has 0 aliphatic heterocycles. The highest BCUT2D eigenvalue weighted by molar-refractivity contribution is 7.99. The van der Waals surface area contributed by atoms with Crippen molar-refractivity contribution >= 4 is 29.1 Å². The lowest BCUT2D eigenvalue weighted by molar-refractivity contribution is 0.629. The van der Waals surface area contributed by atoms with Crippen LogP contribution >= 0.6 is 23.4 Å². The molecule has 2 rings (SSSR count). The number of anilines is 1. The molecule has 0 saturated heterocycles. The maximum Gasteiger partial charge on any atom is 0.147 e. The van der Waals surface area contributed by atoms with Crippen molar-refractivity contribution in [3.8, 4) is 0 Å². The van der Waals surface area contributed by atoms with Crippen LogP contribution in [0.4, 0.5) is 10.1 Å². The van der Waals surface area contributed by atoms with Crippen LogP contribution in [0, 0.1) is 5.82 Å². The molecule has 2 aromatic rings. The Morgan fingerprint density at radius 3 is 2.75 bits per heavy atom. The molecule has 0 unspecified atom stereocenters. The lowest BCUT2D eigenvalue weighted by atomic mass is 10.3. The van der Waals surface area contributed by atoms with E-state index in [-0.39, 0.29) is 5.69 Å². The summed E-state index contributed by atoms with van der Waals surface area (Å²) in [4.78, 5) is 4.75. The number of hydrogen-bond donors (Lipinski definition) is 1. The Bertz CT molecular complexity index is 502. The van der Waals surface area contributed by atoms with Gasteiger partial charge in [-0.05, 0) is 24.3 Å². The van der Waals surface area contributed by atoms with Crippen molar-refractivity contribution in [3.05, 3.63) is 47.4 Å². The van der Waals surface area contributed by atoms with Crippen LogP contribution in [0.1, 0.15) is 0 Å². The predicted molar refractivity (Wildman–Crippen MR) is 64.2 cm³/mol. The second-order valence-corrected chi connectivity index (χ2v) is 4.57. The van der Waals surface area contributed by atoms with E-state index in [1.165, 1.54) is 17.8 Å². The fraction of sp³-hybridized carbons (Fsp3) is 0. The normalized spacial score (nSPS) is 10.4. The third-order valence-electron chi connectivity index (χ3n) is 1.93. The number of hydrogen-bond acceptors (Lipinski definition) is 3. The molecule has 0 amide bonds. The molecule has 16 heavy (non-hydrogen) atoms. The molecular weight excluding hydrogens is 247 g/mol. The molecule has 0 spiro atoms. The minimum absolute atomic E-state index is 0.143. The van der Waals surface area contributed by atoms with Gasteiger partial charge in [-0.15, -0.1) is 0 Å². The number of benzene rings is 1. The van der Waals surface area contributed by atoms with E-state index in [9.17, 15) is 4.39 Å². The highest BCUT2D eigenvalue weighted by Crippen LogP contribution is 2.32. The van der Waals surface area contributed by atoms with Gasteiger partial charge >= 0.3 is 0 Å². The number of halogens is 2. The Hall–Kier alpha value is -1.26. The van der Waals surface area contributed by atoms with Crippen LogP contribution in [0.5, 0.6) is 0 Å². The van der Waals surface area contributed by atoms with E-state index in [2.05, 4.69) is 4.98 Å². The van der Waals surface area contributed by atoms with E-state index in [1.54, 1.807) is 30.5 Å². The van der Waals surface area contributed by atoms with Gasteiger partial charge in [0.2, 0.25) is 0 Å². The second kappa shape index (κ2) is 4.72. The Labute approximate surface area is 102 Å². The van der Waals surface area contributed by atoms with E-state index < -0.39 is 5.82 Å². The quantitative estimate of drug-likeness (QED) is 0.832.